The van der Waals surface area contributed by atoms with Crippen LogP contribution >= 0.6 is 0 Å². The van der Waals surface area contributed by atoms with Gasteiger partial charge in [0.25, 0.3) is 0 Å². The van der Waals surface area contributed by atoms with E-state index in [1.807, 2.05) is 0 Å². The zero-order valence-corrected chi connectivity index (χ0v) is 9.10. The quantitative estimate of drug-likeness (QED) is 0.729. The third-order valence-electron chi connectivity index (χ3n) is 2.44. The molecule has 1 unspecified atom stereocenters. The van der Waals surface area contributed by atoms with Crippen molar-refractivity contribution in [1.82, 2.24) is 0 Å². The molecule has 4 heteroatoms. The molecule has 1 fully saturated rings. The van der Waals surface area contributed by atoms with Gasteiger partial charge < -0.3 is 5.11 Å². The van der Waals surface area contributed by atoms with Crippen molar-refractivity contribution < 1.29 is 13.5 Å². The highest BCUT2D eigenvalue weighted by Crippen LogP contribution is 2.37. The highest BCUT2D eigenvalue weighted by Gasteiger charge is 2.31. The molecule has 1 saturated carbocycles. The van der Waals surface area contributed by atoms with Gasteiger partial charge >= 0.3 is 0 Å². The Morgan fingerprint density at radius 3 is 2.38 bits per heavy atom. The smallest absolute Gasteiger partial charge is 0.147 e. The van der Waals surface area contributed by atoms with Crippen LogP contribution < -0.4 is 0 Å². The number of aliphatic hydroxyl groups is 1. The van der Waals surface area contributed by atoms with Crippen molar-refractivity contribution in [2.75, 3.05) is 12.0 Å². The third-order valence-corrected chi connectivity index (χ3v) is 3.38. The Morgan fingerprint density at radius 2 is 2.00 bits per heavy atom. The van der Waals surface area contributed by atoms with Crippen molar-refractivity contribution in [3.63, 3.8) is 0 Å². The lowest BCUT2D eigenvalue weighted by atomic mass is 9.96. The molecule has 0 amide bonds. The number of hydrogen-bond donors (Lipinski definition) is 1. The molecule has 0 aromatic rings. The summed E-state index contributed by atoms with van der Waals surface area (Å²) in [6.45, 7) is 1.73. The third kappa shape index (κ3) is 5.26. The topological polar surface area (TPSA) is 54.4 Å². The summed E-state index contributed by atoms with van der Waals surface area (Å²) in [5.74, 6) is 0.724. The fourth-order valence-corrected chi connectivity index (χ4v) is 2.26. The summed E-state index contributed by atoms with van der Waals surface area (Å²) in [7, 11) is -2.93. The summed E-state index contributed by atoms with van der Waals surface area (Å²) in [5, 5.41) is 9.82. The average Bonchev–Trinajstić information content (AvgIpc) is 2.66. The van der Waals surface area contributed by atoms with E-state index in [4.69, 9.17) is 0 Å². The van der Waals surface area contributed by atoms with Crippen molar-refractivity contribution in [1.29, 1.82) is 0 Å². The predicted molar refractivity (Wildman–Crippen MR) is 52.3 cm³/mol. The van der Waals surface area contributed by atoms with Crippen LogP contribution in [0.5, 0.6) is 0 Å². The Balaban J connectivity index is 2.32. The molecule has 0 aromatic heterocycles. The molecule has 13 heavy (non-hydrogen) atoms. The monoisotopic (exact) mass is 206 g/mol. The van der Waals surface area contributed by atoms with Gasteiger partial charge in [-0.1, -0.05) is 12.8 Å². The molecule has 1 aliphatic rings. The first kappa shape index (κ1) is 11.0. The normalized spacial score (nSPS) is 22.7. The van der Waals surface area contributed by atoms with E-state index >= 15 is 0 Å². The lowest BCUT2D eigenvalue weighted by Gasteiger charge is -2.22. The average molecular weight is 206 g/mol. The second-order valence-corrected chi connectivity index (χ2v) is 6.78. The van der Waals surface area contributed by atoms with Gasteiger partial charge in [-0.3, -0.25) is 0 Å². The maximum Gasteiger partial charge on any atom is 0.147 e. The fourth-order valence-electron chi connectivity index (χ4n) is 1.45. The van der Waals surface area contributed by atoms with E-state index in [0.717, 1.165) is 6.42 Å². The van der Waals surface area contributed by atoms with Gasteiger partial charge in [0.1, 0.15) is 9.84 Å². The standard InChI is InChI=1S/C9H18O3S/c1-9(10,7-8-3-4-8)5-6-13(2,11)12/h8,10H,3-7H2,1-2H3. The molecule has 0 aliphatic heterocycles. The zero-order valence-electron chi connectivity index (χ0n) is 8.28. The van der Waals surface area contributed by atoms with Crippen LogP contribution in [0.25, 0.3) is 0 Å². The van der Waals surface area contributed by atoms with Crippen LogP contribution in [0.2, 0.25) is 0 Å². The van der Waals surface area contributed by atoms with Gasteiger partial charge in [0.2, 0.25) is 0 Å². The molecule has 0 spiro atoms. The van der Waals surface area contributed by atoms with Crippen molar-refractivity contribution >= 4 is 9.84 Å². The second-order valence-electron chi connectivity index (χ2n) is 4.52. The summed E-state index contributed by atoms with van der Waals surface area (Å²) < 4.78 is 21.7. The largest absolute Gasteiger partial charge is 0.390 e. The van der Waals surface area contributed by atoms with E-state index in [1.54, 1.807) is 6.92 Å². The van der Waals surface area contributed by atoms with E-state index in [9.17, 15) is 13.5 Å². The lowest BCUT2D eigenvalue weighted by Crippen LogP contribution is -2.27. The molecule has 1 aliphatic carbocycles. The van der Waals surface area contributed by atoms with E-state index in [-0.39, 0.29) is 5.75 Å². The summed E-state index contributed by atoms with van der Waals surface area (Å²) in [6.07, 6.45) is 4.70. The van der Waals surface area contributed by atoms with Gasteiger partial charge in [-0.05, 0) is 25.7 Å². The van der Waals surface area contributed by atoms with Crippen LogP contribution in [-0.4, -0.2) is 31.1 Å². The minimum Gasteiger partial charge on any atom is -0.390 e. The van der Waals surface area contributed by atoms with Crippen molar-refractivity contribution in [3.8, 4) is 0 Å². The second kappa shape index (κ2) is 3.58. The molecule has 1 N–H and O–H groups in total. The van der Waals surface area contributed by atoms with Gasteiger partial charge in [-0.2, -0.15) is 0 Å². The van der Waals surface area contributed by atoms with E-state index in [0.29, 0.717) is 12.3 Å². The Hall–Kier alpha value is -0.0900. The minimum absolute atomic E-state index is 0.0900. The number of sulfone groups is 1. The molecular weight excluding hydrogens is 188 g/mol. The minimum atomic E-state index is -2.93. The van der Waals surface area contributed by atoms with Crippen LogP contribution in [0, 0.1) is 5.92 Å². The van der Waals surface area contributed by atoms with Crippen LogP contribution in [0.1, 0.15) is 32.6 Å². The van der Waals surface area contributed by atoms with E-state index in [1.165, 1.54) is 19.1 Å². The summed E-state index contributed by atoms with van der Waals surface area (Å²) >= 11 is 0. The first-order valence-electron chi connectivity index (χ1n) is 4.69. The maximum atomic E-state index is 10.9. The first-order chi connectivity index (χ1) is 5.79. The maximum absolute atomic E-state index is 10.9. The molecule has 0 heterocycles. The fraction of sp³-hybridized carbons (Fsp3) is 1.00. The van der Waals surface area contributed by atoms with Crippen molar-refractivity contribution in [2.24, 2.45) is 5.92 Å². The predicted octanol–water partition coefficient (Wildman–Crippen LogP) is 0.972. The Bertz CT molecular complexity index is 263. The summed E-state index contributed by atoms with van der Waals surface area (Å²) in [5.41, 5.74) is -0.787. The van der Waals surface area contributed by atoms with Crippen LogP contribution in [0.15, 0.2) is 0 Å². The SMILES string of the molecule is CC(O)(CCS(C)(=O)=O)CC1CC1. The first-order valence-corrected chi connectivity index (χ1v) is 6.75. The highest BCUT2D eigenvalue weighted by molar-refractivity contribution is 7.90. The van der Waals surface area contributed by atoms with Gasteiger partial charge in [-0.25, -0.2) is 8.42 Å². The summed E-state index contributed by atoms with van der Waals surface area (Å²) in [4.78, 5) is 0. The molecule has 0 bridgehead atoms. The lowest BCUT2D eigenvalue weighted by molar-refractivity contribution is 0.0420. The molecule has 0 aromatic carbocycles. The Kier molecular flexibility index (Phi) is 3.02. The van der Waals surface area contributed by atoms with Gasteiger partial charge in [0, 0.05) is 6.26 Å². The molecule has 78 valence electrons. The van der Waals surface area contributed by atoms with Crippen LogP contribution in [0.3, 0.4) is 0 Å². The van der Waals surface area contributed by atoms with E-state index < -0.39 is 15.4 Å². The van der Waals surface area contributed by atoms with Crippen LogP contribution in [0.4, 0.5) is 0 Å². The molecule has 1 atom stereocenters. The number of hydrogen-bond acceptors (Lipinski definition) is 3. The zero-order chi connectivity index (χ0) is 10.1. The van der Waals surface area contributed by atoms with Crippen molar-refractivity contribution in [2.45, 2.75) is 38.2 Å². The van der Waals surface area contributed by atoms with Gasteiger partial charge in [0.05, 0.1) is 11.4 Å². The molecule has 0 saturated heterocycles. The Labute approximate surface area is 80.1 Å². The van der Waals surface area contributed by atoms with E-state index in [2.05, 4.69) is 0 Å². The number of rotatable bonds is 5. The summed E-state index contributed by atoms with van der Waals surface area (Å²) in [6, 6.07) is 0. The molecule has 0 radical (unpaired) electrons. The molecule has 3 nitrogen and oxygen atoms in total. The van der Waals surface area contributed by atoms with Crippen LogP contribution in [-0.2, 0) is 9.84 Å². The van der Waals surface area contributed by atoms with Gasteiger partial charge in [-0.15, -0.1) is 0 Å². The Morgan fingerprint density at radius 1 is 1.46 bits per heavy atom. The molecular formula is C9H18O3S. The van der Waals surface area contributed by atoms with Crippen molar-refractivity contribution in [3.05, 3.63) is 0 Å². The highest BCUT2D eigenvalue weighted by atomic mass is 32.2. The molecule has 1 rings (SSSR count). The van der Waals surface area contributed by atoms with Gasteiger partial charge in [0.15, 0.2) is 0 Å².